The molecule has 7 nitrogen and oxygen atoms in total. The van der Waals surface area contributed by atoms with Crippen molar-refractivity contribution in [3.8, 4) is 11.5 Å². The fourth-order valence-corrected chi connectivity index (χ4v) is 2.65. The normalized spacial score (nSPS) is 11.2. The zero-order valence-corrected chi connectivity index (χ0v) is 16.7. The van der Waals surface area contributed by atoms with Crippen LogP contribution in [0.2, 0.25) is 0 Å². The van der Waals surface area contributed by atoms with E-state index in [9.17, 15) is 9.59 Å². The summed E-state index contributed by atoms with van der Waals surface area (Å²) in [7, 11) is 3.16. The highest BCUT2D eigenvalue weighted by Crippen LogP contribution is 2.27. The number of H-pyrrole nitrogens is 1. The second kappa shape index (κ2) is 8.24. The smallest absolute Gasteiger partial charge is 0.264 e. The van der Waals surface area contributed by atoms with Crippen LogP contribution in [0.5, 0.6) is 11.5 Å². The number of benzene rings is 1. The first-order valence-corrected chi connectivity index (χ1v) is 8.78. The first-order valence-electron chi connectivity index (χ1n) is 8.78. The van der Waals surface area contributed by atoms with Crippen molar-refractivity contribution in [3.05, 3.63) is 51.2 Å². The van der Waals surface area contributed by atoms with Crippen LogP contribution in [-0.4, -0.2) is 36.6 Å². The minimum atomic E-state index is -0.429. The molecule has 2 aromatic rings. The number of aromatic nitrogens is 2. The van der Waals surface area contributed by atoms with Crippen LogP contribution in [0.15, 0.2) is 23.0 Å². The molecule has 0 saturated carbocycles. The minimum absolute atomic E-state index is 0.0512. The molecule has 1 aromatic carbocycles. The molecule has 146 valence electrons. The Morgan fingerprint density at radius 1 is 1.19 bits per heavy atom. The molecule has 2 rings (SSSR count). The van der Waals surface area contributed by atoms with Crippen LogP contribution in [0.4, 0.5) is 0 Å². The van der Waals surface area contributed by atoms with Gasteiger partial charge in [-0.25, -0.2) is 4.98 Å². The largest absolute Gasteiger partial charge is 0.493 e. The summed E-state index contributed by atoms with van der Waals surface area (Å²) in [5.41, 5.74) is 0.741. The molecule has 1 aromatic heterocycles. The Morgan fingerprint density at radius 3 is 2.41 bits per heavy atom. The second-order valence-electron chi connectivity index (χ2n) is 7.32. The first-order chi connectivity index (χ1) is 12.7. The number of aromatic amines is 1. The van der Waals surface area contributed by atoms with Gasteiger partial charge in [0.15, 0.2) is 11.5 Å². The number of nitrogens with one attached hydrogen (secondary N) is 2. The highest BCUT2D eigenvalue weighted by Gasteiger charge is 2.22. The molecule has 0 unspecified atom stereocenters. The van der Waals surface area contributed by atoms with Gasteiger partial charge in [0.25, 0.3) is 11.5 Å². The van der Waals surface area contributed by atoms with Gasteiger partial charge in [-0.3, -0.25) is 9.59 Å². The van der Waals surface area contributed by atoms with Gasteiger partial charge in [-0.2, -0.15) is 0 Å². The summed E-state index contributed by atoms with van der Waals surface area (Å²) in [5.74, 6) is 1.42. The molecule has 2 N–H and O–H groups in total. The van der Waals surface area contributed by atoms with E-state index in [2.05, 4.69) is 15.3 Å². The third kappa shape index (κ3) is 4.87. The number of rotatable bonds is 6. The van der Waals surface area contributed by atoms with Crippen LogP contribution in [0.25, 0.3) is 0 Å². The van der Waals surface area contributed by atoms with Crippen LogP contribution in [0.3, 0.4) is 0 Å². The minimum Gasteiger partial charge on any atom is -0.493 e. The van der Waals surface area contributed by atoms with Crippen molar-refractivity contribution in [1.82, 2.24) is 15.3 Å². The lowest BCUT2D eigenvalue weighted by Gasteiger charge is -2.18. The molecule has 7 heteroatoms. The number of carbonyl (C=O) groups excluding carboxylic acids is 1. The molecule has 0 saturated heterocycles. The molecule has 27 heavy (non-hydrogen) atoms. The van der Waals surface area contributed by atoms with E-state index in [1.807, 2.05) is 39.0 Å². The van der Waals surface area contributed by atoms with Gasteiger partial charge in [-0.15, -0.1) is 0 Å². The number of amides is 1. The average Bonchev–Trinajstić information content (AvgIpc) is 2.60. The van der Waals surface area contributed by atoms with E-state index >= 15 is 0 Å². The standard InChI is InChI=1S/C20H27N3O4/c1-12-16(18(25)23-19(22-12)20(2,3)4)17(24)21-10-9-13-7-8-14(26-5)15(11-13)27-6/h7-8,11H,9-10H2,1-6H3,(H,21,24)(H,22,23,25). The van der Waals surface area contributed by atoms with E-state index in [0.29, 0.717) is 36.0 Å². The third-order valence-corrected chi connectivity index (χ3v) is 4.18. The Labute approximate surface area is 159 Å². The van der Waals surface area contributed by atoms with Crippen molar-refractivity contribution >= 4 is 5.91 Å². The zero-order valence-electron chi connectivity index (χ0n) is 16.7. The predicted octanol–water partition coefficient (Wildman–Crippen LogP) is 2.37. The summed E-state index contributed by atoms with van der Waals surface area (Å²) >= 11 is 0. The quantitative estimate of drug-likeness (QED) is 0.811. The van der Waals surface area contributed by atoms with E-state index in [0.717, 1.165) is 5.56 Å². The van der Waals surface area contributed by atoms with Crippen molar-refractivity contribution in [2.45, 2.75) is 39.5 Å². The van der Waals surface area contributed by atoms with Crippen LogP contribution in [-0.2, 0) is 11.8 Å². The number of methoxy groups -OCH3 is 2. The van der Waals surface area contributed by atoms with E-state index in [4.69, 9.17) is 9.47 Å². The Morgan fingerprint density at radius 2 is 1.85 bits per heavy atom. The molecule has 0 spiro atoms. The highest BCUT2D eigenvalue weighted by molar-refractivity contribution is 5.94. The molecule has 0 fully saturated rings. The van der Waals surface area contributed by atoms with Crippen LogP contribution in [0, 0.1) is 6.92 Å². The first kappa shape index (κ1) is 20.5. The SMILES string of the molecule is COc1ccc(CCNC(=O)c2c(C)nc(C(C)(C)C)[nH]c2=O)cc1OC. The predicted molar refractivity (Wildman–Crippen MR) is 104 cm³/mol. The van der Waals surface area contributed by atoms with Crippen LogP contribution >= 0.6 is 0 Å². The van der Waals surface area contributed by atoms with Crippen molar-refractivity contribution < 1.29 is 14.3 Å². The van der Waals surface area contributed by atoms with Crippen molar-refractivity contribution in [2.75, 3.05) is 20.8 Å². The van der Waals surface area contributed by atoms with E-state index < -0.39 is 11.5 Å². The number of hydrogen-bond acceptors (Lipinski definition) is 5. The number of nitrogens with zero attached hydrogens (tertiary/aromatic N) is 1. The topological polar surface area (TPSA) is 93.3 Å². The maximum atomic E-state index is 12.4. The third-order valence-electron chi connectivity index (χ3n) is 4.18. The molecule has 0 atom stereocenters. The van der Waals surface area contributed by atoms with Crippen LogP contribution < -0.4 is 20.3 Å². The molecular weight excluding hydrogens is 346 g/mol. The highest BCUT2D eigenvalue weighted by atomic mass is 16.5. The van der Waals surface area contributed by atoms with Crippen molar-refractivity contribution in [2.24, 2.45) is 0 Å². The van der Waals surface area contributed by atoms with Crippen LogP contribution in [0.1, 0.15) is 48.2 Å². The Bertz CT molecular complexity index is 882. The lowest BCUT2D eigenvalue weighted by atomic mass is 9.95. The van der Waals surface area contributed by atoms with Gasteiger partial charge >= 0.3 is 0 Å². The molecule has 0 radical (unpaired) electrons. The molecule has 0 aliphatic rings. The number of ether oxygens (including phenoxy) is 2. The van der Waals surface area contributed by atoms with Gasteiger partial charge < -0.3 is 19.8 Å². The molecule has 0 aliphatic heterocycles. The van der Waals surface area contributed by atoms with Gasteiger partial charge in [-0.1, -0.05) is 26.8 Å². The Kier molecular flexibility index (Phi) is 6.25. The maximum absolute atomic E-state index is 12.4. The summed E-state index contributed by atoms with van der Waals surface area (Å²) < 4.78 is 10.5. The number of hydrogen-bond donors (Lipinski definition) is 2. The Balaban J connectivity index is 2.07. The van der Waals surface area contributed by atoms with E-state index in [-0.39, 0.29) is 11.0 Å². The molecule has 0 bridgehead atoms. The fraction of sp³-hybridized carbons (Fsp3) is 0.450. The molecule has 1 amide bonds. The van der Waals surface area contributed by atoms with Crippen molar-refractivity contribution in [3.63, 3.8) is 0 Å². The summed E-state index contributed by atoms with van der Waals surface area (Å²) in [6, 6.07) is 5.59. The maximum Gasteiger partial charge on any atom is 0.264 e. The van der Waals surface area contributed by atoms with Gasteiger partial charge in [0, 0.05) is 12.0 Å². The summed E-state index contributed by atoms with van der Waals surface area (Å²) in [5, 5.41) is 2.78. The lowest BCUT2D eigenvalue weighted by molar-refractivity contribution is 0.0951. The zero-order chi connectivity index (χ0) is 20.2. The van der Waals surface area contributed by atoms with Crippen molar-refractivity contribution in [1.29, 1.82) is 0 Å². The Hall–Kier alpha value is -2.83. The fourth-order valence-electron chi connectivity index (χ4n) is 2.65. The second-order valence-corrected chi connectivity index (χ2v) is 7.32. The summed E-state index contributed by atoms with van der Waals surface area (Å²) in [6.45, 7) is 7.91. The lowest BCUT2D eigenvalue weighted by Crippen LogP contribution is -2.34. The average molecular weight is 373 g/mol. The number of carbonyl (C=O) groups is 1. The van der Waals surface area contributed by atoms with E-state index in [1.165, 1.54) is 0 Å². The summed E-state index contributed by atoms with van der Waals surface area (Å²) in [4.78, 5) is 31.9. The van der Waals surface area contributed by atoms with E-state index in [1.54, 1.807) is 21.1 Å². The van der Waals surface area contributed by atoms with Gasteiger partial charge in [0.05, 0.1) is 19.9 Å². The van der Waals surface area contributed by atoms with Gasteiger partial charge in [0.1, 0.15) is 11.4 Å². The molecule has 1 heterocycles. The number of aryl methyl sites for hydroxylation is 1. The van der Waals surface area contributed by atoms with Gasteiger partial charge in [0.2, 0.25) is 0 Å². The molecule has 0 aliphatic carbocycles. The molecular formula is C20H27N3O4. The van der Waals surface area contributed by atoms with Gasteiger partial charge in [-0.05, 0) is 31.0 Å². The monoisotopic (exact) mass is 373 g/mol. The summed E-state index contributed by atoms with van der Waals surface area (Å²) in [6.07, 6.45) is 0.594.